The summed E-state index contributed by atoms with van der Waals surface area (Å²) in [5.41, 5.74) is 9.11. The van der Waals surface area contributed by atoms with Crippen LogP contribution >= 0.6 is 15.9 Å². The van der Waals surface area contributed by atoms with E-state index in [2.05, 4.69) is 44.2 Å². The third-order valence-electron chi connectivity index (χ3n) is 3.25. The summed E-state index contributed by atoms with van der Waals surface area (Å²) < 4.78 is 1.08. The second-order valence-electron chi connectivity index (χ2n) is 4.63. The highest BCUT2D eigenvalue weighted by Crippen LogP contribution is 2.27. The van der Waals surface area contributed by atoms with Crippen molar-refractivity contribution >= 4 is 33.3 Å². The summed E-state index contributed by atoms with van der Waals surface area (Å²) in [4.78, 5) is 8.80. The van der Waals surface area contributed by atoms with E-state index in [-0.39, 0.29) is 0 Å². The second kappa shape index (κ2) is 6.22. The number of hydrogen-bond acceptors (Lipinski definition) is 4. The Balaban J connectivity index is 2.42. The van der Waals surface area contributed by atoms with Crippen molar-refractivity contribution < 1.29 is 0 Å². The Morgan fingerprint density at radius 2 is 1.95 bits per heavy atom. The molecule has 3 N–H and O–H groups in total. The number of nitrogens with zero attached hydrogens (tertiary/aromatic N) is 2. The quantitative estimate of drug-likeness (QED) is 0.886. The topological polar surface area (TPSA) is 63.8 Å². The predicted octanol–water partition coefficient (Wildman–Crippen LogP) is 4.00. The van der Waals surface area contributed by atoms with E-state index in [4.69, 9.17) is 5.73 Å². The fourth-order valence-electron chi connectivity index (χ4n) is 1.97. The Morgan fingerprint density at radius 1 is 1.20 bits per heavy atom. The van der Waals surface area contributed by atoms with Gasteiger partial charge < -0.3 is 11.1 Å². The normalized spacial score (nSPS) is 10.6. The van der Waals surface area contributed by atoms with Crippen molar-refractivity contribution in [1.82, 2.24) is 9.97 Å². The maximum Gasteiger partial charge on any atom is 0.139 e. The van der Waals surface area contributed by atoms with Crippen LogP contribution in [0, 0.1) is 6.92 Å². The number of rotatable bonds is 4. The van der Waals surface area contributed by atoms with Crippen LogP contribution in [0.4, 0.5) is 17.3 Å². The Morgan fingerprint density at radius 3 is 2.60 bits per heavy atom. The van der Waals surface area contributed by atoms with Crippen molar-refractivity contribution in [2.45, 2.75) is 33.6 Å². The lowest BCUT2D eigenvalue weighted by Gasteiger charge is -2.14. The van der Waals surface area contributed by atoms with E-state index in [0.717, 1.165) is 40.2 Å². The van der Waals surface area contributed by atoms with E-state index in [1.807, 2.05) is 26.0 Å². The molecule has 0 saturated carbocycles. The Labute approximate surface area is 128 Å². The lowest BCUT2D eigenvalue weighted by molar-refractivity contribution is 0.939. The summed E-state index contributed by atoms with van der Waals surface area (Å²) in [6, 6.07) is 6.18. The smallest absolute Gasteiger partial charge is 0.139 e. The van der Waals surface area contributed by atoms with Crippen LogP contribution in [0.1, 0.15) is 30.8 Å². The first-order valence-electron chi connectivity index (χ1n) is 6.73. The molecule has 1 aromatic carbocycles. The third kappa shape index (κ3) is 3.10. The molecule has 2 rings (SSSR count). The monoisotopic (exact) mass is 334 g/mol. The molecular weight excluding hydrogens is 316 g/mol. The van der Waals surface area contributed by atoms with Crippen LogP contribution < -0.4 is 11.1 Å². The molecule has 0 aliphatic carbocycles. The molecule has 0 bridgehead atoms. The molecule has 1 heterocycles. The first-order valence-corrected chi connectivity index (χ1v) is 7.52. The summed E-state index contributed by atoms with van der Waals surface area (Å²) in [7, 11) is 0. The zero-order chi connectivity index (χ0) is 14.7. The maximum atomic E-state index is 5.95. The van der Waals surface area contributed by atoms with Crippen LogP contribution in [0.2, 0.25) is 0 Å². The summed E-state index contributed by atoms with van der Waals surface area (Å²) in [5, 5.41) is 3.38. The largest absolute Gasteiger partial charge is 0.383 e. The van der Waals surface area contributed by atoms with Gasteiger partial charge in [0.1, 0.15) is 17.5 Å². The minimum atomic E-state index is 0.537. The maximum absolute atomic E-state index is 5.95. The van der Waals surface area contributed by atoms with E-state index < -0.39 is 0 Å². The SMILES string of the molecule is CCc1nc(N)c(C)c(Nc2ccc(Br)cc2CC)n1. The highest BCUT2D eigenvalue weighted by Gasteiger charge is 2.10. The van der Waals surface area contributed by atoms with E-state index in [1.165, 1.54) is 5.56 Å². The number of benzene rings is 1. The first-order chi connectivity index (χ1) is 9.55. The van der Waals surface area contributed by atoms with E-state index in [0.29, 0.717) is 5.82 Å². The minimum absolute atomic E-state index is 0.537. The van der Waals surface area contributed by atoms with Crippen molar-refractivity contribution in [3.05, 3.63) is 39.6 Å². The summed E-state index contributed by atoms with van der Waals surface area (Å²) in [6.07, 6.45) is 1.71. The number of nitrogen functional groups attached to an aromatic ring is 1. The standard InChI is InChI=1S/C15H19BrN4/c1-4-10-8-11(16)6-7-12(10)18-15-9(3)14(17)19-13(5-2)20-15/h6-8H,4-5H2,1-3H3,(H3,17,18,19,20). The van der Waals surface area contributed by atoms with Crippen molar-refractivity contribution in [1.29, 1.82) is 0 Å². The van der Waals surface area contributed by atoms with Gasteiger partial charge in [0, 0.05) is 22.1 Å². The number of halogens is 1. The molecule has 0 aliphatic rings. The Kier molecular flexibility index (Phi) is 4.60. The fraction of sp³-hybridized carbons (Fsp3) is 0.333. The highest BCUT2D eigenvalue weighted by atomic mass is 79.9. The number of anilines is 3. The molecule has 0 saturated heterocycles. The lowest BCUT2D eigenvalue weighted by Crippen LogP contribution is -2.07. The summed E-state index contributed by atoms with van der Waals surface area (Å²) >= 11 is 3.50. The molecule has 0 radical (unpaired) electrons. The van der Waals surface area contributed by atoms with Gasteiger partial charge in [-0.25, -0.2) is 9.97 Å². The van der Waals surface area contributed by atoms with Gasteiger partial charge in [-0.3, -0.25) is 0 Å². The van der Waals surface area contributed by atoms with E-state index in [1.54, 1.807) is 0 Å². The van der Waals surface area contributed by atoms with Crippen molar-refractivity contribution in [2.24, 2.45) is 0 Å². The molecule has 1 aromatic heterocycles. The lowest BCUT2D eigenvalue weighted by atomic mass is 10.1. The zero-order valence-electron chi connectivity index (χ0n) is 12.0. The van der Waals surface area contributed by atoms with Crippen LogP contribution in [0.15, 0.2) is 22.7 Å². The summed E-state index contributed by atoms with van der Waals surface area (Å²) in [5.74, 6) is 2.08. The average molecular weight is 335 g/mol. The second-order valence-corrected chi connectivity index (χ2v) is 5.55. The van der Waals surface area contributed by atoms with Gasteiger partial charge in [0.2, 0.25) is 0 Å². The molecule has 0 amide bonds. The van der Waals surface area contributed by atoms with Crippen LogP contribution in [-0.4, -0.2) is 9.97 Å². The fourth-order valence-corrected chi connectivity index (χ4v) is 2.37. The predicted molar refractivity (Wildman–Crippen MR) is 87.4 cm³/mol. The molecule has 0 aliphatic heterocycles. The van der Waals surface area contributed by atoms with E-state index >= 15 is 0 Å². The van der Waals surface area contributed by atoms with Crippen molar-refractivity contribution in [2.75, 3.05) is 11.1 Å². The summed E-state index contributed by atoms with van der Waals surface area (Å²) in [6.45, 7) is 6.08. The van der Waals surface area contributed by atoms with Gasteiger partial charge in [-0.1, -0.05) is 29.8 Å². The van der Waals surface area contributed by atoms with E-state index in [9.17, 15) is 0 Å². The molecule has 0 unspecified atom stereocenters. The molecule has 4 nitrogen and oxygen atoms in total. The van der Waals surface area contributed by atoms with Gasteiger partial charge in [0.25, 0.3) is 0 Å². The molecule has 20 heavy (non-hydrogen) atoms. The molecule has 2 aromatic rings. The number of nitrogens with two attached hydrogens (primary N) is 1. The molecule has 0 fully saturated rings. The molecule has 0 atom stereocenters. The minimum Gasteiger partial charge on any atom is -0.383 e. The Hall–Kier alpha value is -1.62. The number of nitrogens with one attached hydrogen (secondary N) is 1. The van der Waals surface area contributed by atoms with Gasteiger partial charge in [-0.05, 0) is 37.1 Å². The zero-order valence-corrected chi connectivity index (χ0v) is 13.6. The number of hydrogen-bond donors (Lipinski definition) is 2. The molecule has 5 heteroatoms. The van der Waals surface area contributed by atoms with Gasteiger partial charge >= 0.3 is 0 Å². The van der Waals surface area contributed by atoms with Gasteiger partial charge in [-0.2, -0.15) is 0 Å². The number of aromatic nitrogens is 2. The molecule has 106 valence electrons. The van der Waals surface area contributed by atoms with Gasteiger partial charge in [-0.15, -0.1) is 0 Å². The first kappa shape index (κ1) is 14.8. The van der Waals surface area contributed by atoms with Crippen LogP contribution in [0.3, 0.4) is 0 Å². The molecule has 0 spiro atoms. The van der Waals surface area contributed by atoms with Crippen molar-refractivity contribution in [3.63, 3.8) is 0 Å². The van der Waals surface area contributed by atoms with Gasteiger partial charge in [0.15, 0.2) is 0 Å². The average Bonchev–Trinajstić information content (AvgIpc) is 2.45. The third-order valence-corrected chi connectivity index (χ3v) is 3.74. The van der Waals surface area contributed by atoms with Crippen LogP contribution in [0.5, 0.6) is 0 Å². The van der Waals surface area contributed by atoms with Gasteiger partial charge in [0.05, 0.1) is 0 Å². The van der Waals surface area contributed by atoms with Crippen molar-refractivity contribution in [3.8, 4) is 0 Å². The Bertz CT molecular complexity index is 626. The highest BCUT2D eigenvalue weighted by molar-refractivity contribution is 9.10. The number of aryl methyl sites for hydroxylation is 2. The van der Waals surface area contributed by atoms with Crippen LogP contribution in [0.25, 0.3) is 0 Å². The molecular formula is C15H19BrN4. The van der Waals surface area contributed by atoms with Crippen LogP contribution in [-0.2, 0) is 12.8 Å².